The van der Waals surface area contributed by atoms with E-state index in [1.54, 1.807) is 24.3 Å². The number of methoxy groups -OCH3 is 1. The fourth-order valence-electron chi connectivity index (χ4n) is 3.43. The van der Waals surface area contributed by atoms with Crippen LogP contribution in [-0.2, 0) is 11.3 Å². The summed E-state index contributed by atoms with van der Waals surface area (Å²) in [5, 5.41) is 11.2. The van der Waals surface area contributed by atoms with Crippen LogP contribution in [0.3, 0.4) is 0 Å². The molecular formula is C20H23N3O4. The van der Waals surface area contributed by atoms with E-state index in [9.17, 15) is 14.9 Å². The Labute approximate surface area is 158 Å². The third-order valence-corrected chi connectivity index (χ3v) is 4.98. The van der Waals surface area contributed by atoms with Crippen LogP contribution in [0.25, 0.3) is 0 Å². The van der Waals surface area contributed by atoms with Gasteiger partial charge in [-0.1, -0.05) is 18.2 Å². The van der Waals surface area contributed by atoms with Gasteiger partial charge >= 0.3 is 5.97 Å². The first-order chi connectivity index (χ1) is 13.0. The van der Waals surface area contributed by atoms with Gasteiger partial charge in [-0.05, 0) is 31.2 Å². The first-order valence-electron chi connectivity index (χ1n) is 8.89. The fourth-order valence-corrected chi connectivity index (χ4v) is 3.43. The summed E-state index contributed by atoms with van der Waals surface area (Å²) < 4.78 is 4.73. The Morgan fingerprint density at radius 1 is 1.19 bits per heavy atom. The Hall–Kier alpha value is -2.93. The maximum atomic E-state index is 11.6. The number of carbonyl (C=O) groups is 1. The summed E-state index contributed by atoms with van der Waals surface area (Å²) in [6.45, 7) is 5.14. The molecule has 7 heteroatoms. The van der Waals surface area contributed by atoms with Gasteiger partial charge < -0.3 is 9.64 Å². The van der Waals surface area contributed by atoms with E-state index in [0.29, 0.717) is 12.1 Å². The minimum absolute atomic E-state index is 0.172. The van der Waals surface area contributed by atoms with Crippen molar-refractivity contribution < 1.29 is 14.5 Å². The zero-order chi connectivity index (χ0) is 19.4. The highest BCUT2D eigenvalue weighted by Gasteiger charge is 2.26. The van der Waals surface area contributed by atoms with E-state index in [1.807, 2.05) is 24.3 Å². The van der Waals surface area contributed by atoms with Crippen molar-refractivity contribution in [3.63, 3.8) is 0 Å². The second-order valence-corrected chi connectivity index (χ2v) is 6.69. The van der Waals surface area contributed by atoms with Gasteiger partial charge in [0.2, 0.25) is 0 Å². The Morgan fingerprint density at radius 2 is 1.89 bits per heavy atom. The maximum absolute atomic E-state index is 11.6. The lowest BCUT2D eigenvalue weighted by molar-refractivity contribution is -0.385. The average Bonchev–Trinajstić information content (AvgIpc) is 2.69. The average molecular weight is 369 g/mol. The molecule has 1 unspecified atom stereocenters. The molecule has 27 heavy (non-hydrogen) atoms. The number of rotatable bonds is 5. The number of anilines is 1. The molecule has 1 atom stereocenters. The van der Waals surface area contributed by atoms with E-state index in [2.05, 4.69) is 16.7 Å². The van der Waals surface area contributed by atoms with E-state index in [0.717, 1.165) is 30.9 Å². The largest absolute Gasteiger partial charge is 0.465 e. The van der Waals surface area contributed by atoms with Crippen molar-refractivity contribution in [1.82, 2.24) is 4.90 Å². The third kappa shape index (κ3) is 4.25. The van der Waals surface area contributed by atoms with Gasteiger partial charge in [0.05, 0.1) is 17.6 Å². The van der Waals surface area contributed by atoms with Crippen molar-refractivity contribution in [2.24, 2.45) is 0 Å². The number of piperazine rings is 1. The van der Waals surface area contributed by atoms with Crippen molar-refractivity contribution in [3.8, 4) is 0 Å². The van der Waals surface area contributed by atoms with E-state index in [-0.39, 0.29) is 22.6 Å². The molecule has 142 valence electrons. The number of para-hydroxylation sites is 1. The molecule has 0 aromatic heterocycles. The molecule has 0 amide bonds. The number of carbonyl (C=O) groups excluding carboxylic acids is 1. The normalized spacial score (nSPS) is 17.6. The summed E-state index contributed by atoms with van der Waals surface area (Å²) in [6, 6.07) is 14.6. The van der Waals surface area contributed by atoms with Crippen LogP contribution < -0.4 is 4.90 Å². The number of nitrogens with zero attached hydrogens (tertiary/aromatic N) is 3. The molecule has 2 aromatic carbocycles. The van der Waals surface area contributed by atoms with Crippen LogP contribution in [0.5, 0.6) is 0 Å². The van der Waals surface area contributed by atoms with Gasteiger partial charge in [0.15, 0.2) is 0 Å². The molecule has 1 aliphatic heterocycles. The number of hydrogen-bond acceptors (Lipinski definition) is 6. The van der Waals surface area contributed by atoms with Crippen LogP contribution in [0.1, 0.15) is 22.8 Å². The molecule has 1 fully saturated rings. The third-order valence-electron chi connectivity index (χ3n) is 4.98. The second kappa shape index (κ2) is 8.18. The lowest BCUT2D eigenvalue weighted by atomic mass is 10.1. The zero-order valence-corrected chi connectivity index (χ0v) is 15.5. The van der Waals surface area contributed by atoms with Crippen molar-refractivity contribution in [2.75, 3.05) is 31.6 Å². The highest BCUT2D eigenvalue weighted by molar-refractivity contribution is 5.89. The SMILES string of the molecule is COC(=O)c1ccc(N2CCN(Cc3ccccc3[N+](=O)[O-])C(C)C2)cc1. The number of benzene rings is 2. The Morgan fingerprint density at radius 3 is 2.52 bits per heavy atom. The highest BCUT2D eigenvalue weighted by atomic mass is 16.6. The van der Waals surface area contributed by atoms with E-state index >= 15 is 0 Å². The Balaban J connectivity index is 1.66. The van der Waals surface area contributed by atoms with E-state index in [4.69, 9.17) is 4.74 Å². The standard InChI is InChI=1S/C20H23N3O4/c1-15-13-22(18-9-7-16(8-10-18)20(24)27-2)12-11-21(15)14-17-5-3-4-6-19(17)23(25)26/h3-10,15H,11-14H2,1-2H3. The van der Waals surface area contributed by atoms with E-state index < -0.39 is 0 Å². The Bertz CT molecular complexity index is 822. The minimum atomic E-state index is -0.343. The molecule has 1 saturated heterocycles. The monoisotopic (exact) mass is 369 g/mol. The van der Waals surface area contributed by atoms with Crippen LogP contribution >= 0.6 is 0 Å². The summed E-state index contributed by atoms with van der Waals surface area (Å²) in [7, 11) is 1.37. The molecule has 0 saturated carbocycles. The van der Waals surface area contributed by atoms with Gasteiger partial charge in [-0.2, -0.15) is 0 Å². The maximum Gasteiger partial charge on any atom is 0.337 e. The molecule has 1 heterocycles. The number of esters is 1. The lowest BCUT2D eigenvalue weighted by Crippen LogP contribution is -2.51. The smallest absolute Gasteiger partial charge is 0.337 e. The molecule has 1 aliphatic rings. The van der Waals surface area contributed by atoms with Crippen molar-refractivity contribution in [3.05, 3.63) is 69.8 Å². The van der Waals surface area contributed by atoms with Crippen molar-refractivity contribution >= 4 is 17.3 Å². The molecule has 0 N–H and O–H groups in total. The molecular weight excluding hydrogens is 346 g/mol. The van der Waals surface area contributed by atoms with Gasteiger partial charge in [0.1, 0.15) is 0 Å². The summed E-state index contributed by atoms with van der Waals surface area (Å²) in [6.07, 6.45) is 0. The first-order valence-corrected chi connectivity index (χ1v) is 8.89. The lowest BCUT2D eigenvalue weighted by Gasteiger charge is -2.41. The summed E-state index contributed by atoms with van der Waals surface area (Å²) in [5.41, 5.74) is 2.50. The van der Waals surface area contributed by atoms with Crippen LogP contribution in [0.4, 0.5) is 11.4 Å². The van der Waals surface area contributed by atoms with Gasteiger partial charge in [-0.15, -0.1) is 0 Å². The quantitative estimate of drug-likeness (QED) is 0.458. The van der Waals surface area contributed by atoms with Crippen LogP contribution in [0, 0.1) is 10.1 Å². The number of ether oxygens (including phenoxy) is 1. The summed E-state index contributed by atoms with van der Waals surface area (Å²) in [5.74, 6) is -0.343. The molecule has 0 radical (unpaired) electrons. The van der Waals surface area contributed by atoms with Crippen LogP contribution in [-0.4, -0.2) is 48.6 Å². The predicted octanol–water partition coefficient (Wildman–Crippen LogP) is 3.09. The minimum Gasteiger partial charge on any atom is -0.465 e. The first kappa shape index (κ1) is 18.8. The molecule has 3 rings (SSSR count). The number of hydrogen-bond donors (Lipinski definition) is 0. The van der Waals surface area contributed by atoms with Gasteiger partial charge in [0.25, 0.3) is 5.69 Å². The predicted molar refractivity (Wildman–Crippen MR) is 103 cm³/mol. The molecule has 2 aromatic rings. The molecule has 0 bridgehead atoms. The fraction of sp³-hybridized carbons (Fsp3) is 0.350. The summed E-state index contributed by atoms with van der Waals surface area (Å²) in [4.78, 5) is 27.0. The van der Waals surface area contributed by atoms with E-state index in [1.165, 1.54) is 7.11 Å². The van der Waals surface area contributed by atoms with Gasteiger partial charge in [0, 0.05) is 49.5 Å². The second-order valence-electron chi connectivity index (χ2n) is 6.69. The van der Waals surface area contributed by atoms with Crippen LogP contribution in [0.15, 0.2) is 48.5 Å². The number of nitro benzene ring substituents is 1. The summed E-state index contributed by atoms with van der Waals surface area (Å²) >= 11 is 0. The zero-order valence-electron chi connectivity index (χ0n) is 15.5. The molecule has 0 spiro atoms. The molecule has 0 aliphatic carbocycles. The van der Waals surface area contributed by atoms with Gasteiger partial charge in [-0.3, -0.25) is 15.0 Å². The number of nitro groups is 1. The highest BCUT2D eigenvalue weighted by Crippen LogP contribution is 2.24. The van der Waals surface area contributed by atoms with Crippen molar-refractivity contribution in [2.45, 2.75) is 19.5 Å². The van der Waals surface area contributed by atoms with Gasteiger partial charge in [-0.25, -0.2) is 4.79 Å². The van der Waals surface area contributed by atoms with Crippen molar-refractivity contribution in [1.29, 1.82) is 0 Å². The molecule has 7 nitrogen and oxygen atoms in total. The Kier molecular flexibility index (Phi) is 5.71. The van der Waals surface area contributed by atoms with Crippen LogP contribution in [0.2, 0.25) is 0 Å². The topological polar surface area (TPSA) is 75.9 Å².